The molecule has 1 atom stereocenters. The number of aryl methyl sites for hydroxylation is 1. The van der Waals surface area contributed by atoms with Crippen molar-refractivity contribution in [2.75, 3.05) is 13.1 Å². The number of aromatic nitrogens is 3. The van der Waals surface area contributed by atoms with Gasteiger partial charge >= 0.3 is 6.03 Å². The van der Waals surface area contributed by atoms with E-state index in [4.69, 9.17) is 4.74 Å². The van der Waals surface area contributed by atoms with E-state index >= 15 is 0 Å². The number of halogens is 3. The van der Waals surface area contributed by atoms with Gasteiger partial charge < -0.3 is 9.64 Å². The summed E-state index contributed by atoms with van der Waals surface area (Å²) >= 11 is 0. The summed E-state index contributed by atoms with van der Waals surface area (Å²) in [5.74, 6) is -1.60. The van der Waals surface area contributed by atoms with Crippen LogP contribution < -0.4 is 4.74 Å². The fourth-order valence-electron chi connectivity index (χ4n) is 4.20. The molecule has 35 heavy (non-hydrogen) atoms. The van der Waals surface area contributed by atoms with E-state index < -0.39 is 35.6 Å². The molecule has 8 nitrogen and oxygen atoms in total. The normalized spacial score (nSPS) is 17.7. The van der Waals surface area contributed by atoms with E-state index in [-0.39, 0.29) is 18.8 Å². The number of benzene rings is 1. The van der Waals surface area contributed by atoms with Crippen molar-refractivity contribution in [1.82, 2.24) is 24.7 Å². The Labute approximate surface area is 199 Å². The van der Waals surface area contributed by atoms with Gasteiger partial charge in [-0.3, -0.25) is 0 Å². The first-order chi connectivity index (χ1) is 16.7. The van der Waals surface area contributed by atoms with Crippen molar-refractivity contribution in [3.63, 3.8) is 0 Å². The monoisotopic (exact) mass is 484 g/mol. The molecule has 11 heteroatoms. The number of hydrogen-bond donors (Lipinski definition) is 0. The number of rotatable bonds is 4. The van der Waals surface area contributed by atoms with Crippen LogP contribution in [-0.4, -0.2) is 56.1 Å². The van der Waals surface area contributed by atoms with Gasteiger partial charge in [-0.15, -0.1) is 0 Å². The number of carbonyl (C=O) groups is 1. The molecule has 3 aromatic rings. The number of ether oxygens (including phenoxy) is 1. The van der Waals surface area contributed by atoms with Gasteiger partial charge in [-0.1, -0.05) is 0 Å². The first-order valence-electron chi connectivity index (χ1n) is 11.1. The highest BCUT2D eigenvalue weighted by Crippen LogP contribution is 2.32. The van der Waals surface area contributed by atoms with Crippen LogP contribution in [0.25, 0.3) is 5.82 Å². The van der Waals surface area contributed by atoms with Gasteiger partial charge in [0.05, 0.1) is 31.0 Å². The lowest BCUT2D eigenvalue weighted by atomic mass is 10.0. The molecule has 182 valence electrons. The van der Waals surface area contributed by atoms with E-state index in [1.165, 1.54) is 34.3 Å². The van der Waals surface area contributed by atoms with E-state index in [1.807, 2.05) is 20.8 Å². The number of hydrazone groups is 1. The molecule has 0 N–H and O–H groups in total. The molecule has 0 bridgehead atoms. The van der Waals surface area contributed by atoms with Crippen molar-refractivity contribution in [3.8, 4) is 11.6 Å². The third kappa shape index (κ3) is 4.22. The van der Waals surface area contributed by atoms with Crippen molar-refractivity contribution in [2.24, 2.45) is 5.10 Å². The van der Waals surface area contributed by atoms with Gasteiger partial charge in [0.1, 0.15) is 17.7 Å². The third-order valence-corrected chi connectivity index (χ3v) is 6.38. The summed E-state index contributed by atoms with van der Waals surface area (Å²) in [5, 5.41) is 9.75. The summed E-state index contributed by atoms with van der Waals surface area (Å²) in [6, 6.07) is 3.64. The molecule has 2 aliphatic rings. The zero-order valence-electron chi connectivity index (χ0n) is 19.4. The molecule has 1 unspecified atom stereocenters. The van der Waals surface area contributed by atoms with Crippen molar-refractivity contribution in [2.45, 2.75) is 39.3 Å². The number of pyridine rings is 1. The molecule has 1 saturated heterocycles. The van der Waals surface area contributed by atoms with Gasteiger partial charge in [-0.05, 0) is 44.0 Å². The topological polar surface area (TPSA) is 75.8 Å². The molecule has 2 amide bonds. The fraction of sp³-hybridized carbons (Fsp3) is 0.333. The Morgan fingerprint density at radius 1 is 1.06 bits per heavy atom. The standard InChI is InChI=1S/C24H23F3N6O2/c1-13-14(2)30-32(15(13)3)23-9-22(20(27)10-28-23)35-19-11-31(12-19)24(34)33-21(4-5-29-33)16-6-17(25)8-18(26)7-16/h5-10,19,21H,4,11-12H2,1-3H3. The summed E-state index contributed by atoms with van der Waals surface area (Å²) < 4.78 is 49.2. The summed E-state index contributed by atoms with van der Waals surface area (Å²) in [4.78, 5) is 18.6. The lowest BCUT2D eigenvalue weighted by Crippen LogP contribution is -2.58. The Balaban J connectivity index is 1.25. The highest BCUT2D eigenvalue weighted by molar-refractivity contribution is 5.79. The Hall–Kier alpha value is -3.89. The van der Waals surface area contributed by atoms with Crippen LogP contribution in [0.1, 0.15) is 35.0 Å². The molecule has 2 aromatic heterocycles. The maximum Gasteiger partial charge on any atom is 0.341 e. The number of urea groups is 1. The second-order valence-corrected chi connectivity index (χ2v) is 8.70. The molecule has 2 aliphatic heterocycles. The average molecular weight is 484 g/mol. The van der Waals surface area contributed by atoms with Crippen molar-refractivity contribution in [1.29, 1.82) is 0 Å². The molecule has 0 saturated carbocycles. The predicted molar refractivity (Wildman–Crippen MR) is 121 cm³/mol. The van der Waals surface area contributed by atoms with Gasteiger partial charge in [0, 0.05) is 30.5 Å². The minimum atomic E-state index is -0.717. The molecule has 0 radical (unpaired) electrons. The van der Waals surface area contributed by atoms with Crippen LogP contribution in [-0.2, 0) is 0 Å². The van der Waals surface area contributed by atoms with E-state index in [0.29, 0.717) is 17.8 Å². The van der Waals surface area contributed by atoms with Crippen molar-refractivity contribution >= 4 is 12.2 Å². The number of nitrogens with zero attached hydrogens (tertiary/aromatic N) is 6. The maximum atomic E-state index is 14.4. The molecule has 4 heterocycles. The average Bonchev–Trinajstić information content (AvgIpc) is 3.37. The lowest BCUT2D eigenvalue weighted by molar-refractivity contribution is 0.0256. The maximum absolute atomic E-state index is 14.4. The summed E-state index contributed by atoms with van der Waals surface area (Å²) in [6.45, 7) is 6.17. The van der Waals surface area contributed by atoms with Crippen LogP contribution in [0.3, 0.4) is 0 Å². The molecule has 5 rings (SSSR count). The van der Waals surface area contributed by atoms with Gasteiger partial charge in [-0.2, -0.15) is 10.2 Å². The van der Waals surface area contributed by atoms with Crippen LogP contribution in [0.4, 0.5) is 18.0 Å². The van der Waals surface area contributed by atoms with Gasteiger partial charge in [0.2, 0.25) is 0 Å². The Kier molecular flexibility index (Phi) is 5.70. The second-order valence-electron chi connectivity index (χ2n) is 8.70. The van der Waals surface area contributed by atoms with Crippen LogP contribution in [0, 0.1) is 38.2 Å². The smallest absolute Gasteiger partial charge is 0.341 e. The predicted octanol–water partition coefficient (Wildman–Crippen LogP) is 4.23. The van der Waals surface area contributed by atoms with E-state index in [1.54, 1.807) is 4.68 Å². The molecule has 0 aliphatic carbocycles. The van der Waals surface area contributed by atoms with Gasteiger partial charge in [-0.25, -0.2) is 32.6 Å². The van der Waals surface area contributed by atoms with Crippen LogP contribution in [0.5, 0.6) is 5.75 Å². The zero-order valence-corrected chi connectivity index (χ0v) is 19.4. The molecular weight excluding hydrogens is 461 g/mol. The first kappa shape index (κ1) is 22.9. The van der Waals surface area contributed by atoms with E-state index in [2.05, 4.69) is 15.2 Å². The first-order valence-corrected chi connectivity index (χ1v) is 11.1. The second kappa shape index (κ2) is 8.71. The molecule has 1 fully saturated rings. The lowest BCUT2D eigenvalue weighted by Gasteiger charge is -2.41. The number of amides is 2. The SMILES string of the molecule is Cc1nn(-c2cc(OC3CN(C(=O)N4N=CCC4c4cc(F)cc(F)c4)C3)c(F)cn2)c(C)c1C. The Morgan fingerprint density at radius 2 is 1.77 bits per heavy atom. The number of likely N-dealkylation sites (tertiary alicyclic amines) is 1. The Morgan fingerprint density at radius 3 is 2.43 bits per heavy atom. The summed E-state index contributed by atoms with van der Waals surface area (Å²) in [5.41, 5.74) is 3.10. The minimum Gasteiger partial charge on any atom is -0.483 e. The third-order valence-electron chi connectivity index (χ3n) is 6.38. The highest BCUT2D eigenvalue weighted by Gasteiger charge is 2.39. The van der Waals surface area contributed by atoms with Crippen molar-refractivity contribution in [3.05, 3.63) is 70.4 Å². The molecule has 1 aromatic carbocycles. The molecule has 0 spiro atoms. The number of carbonyl (C=O) groups excluding carboxylic acids is 1. The number of hydrogen-bond acceptors (Lipinski definition) is 5. The zero-order chi connectivity index (χ0) is 24.9. The Bertz CT molecular complexity index is 1310. The summed E-state index contributed by atoms with van der Waals surface area (Å²) in [7, 11) is 0. The van der Waals surface area contributed by atoms with E-state index in [9.17, 15) is 18.0 Å². The van der Waals surface area contributed by atoms with Crippen molar-refractivity contribution < 1.29 is 22.7 Å². The quantitative estimate of drug-likeness (QED) is 0.556. The summed E-state index contributed by atoms with van der Waals surface area (Å²) in [6.07, 6.45) is 2.54. The van der Waals surface area contributed by atoms with Gasteiger partial charge in [0.25, 0.3) is 0 Å². The fourth-order valence-corrected chi connectivity index (χ4v) is 4.20. The minimum absolute atomic E-state index is 0.0182. The highest BCUT2D eigenvalue weighted by atomic mass is 19.1. The molecular formula is C24H23F3N6O2. The van der Waals surface area contributed by atoms with Crippen LogP contribution in [0.2, 0.25) is 0 Å². The van der Waals surface area contributed by atoms with Crippen LogP contribution in [0.15, 0.2) is 35.6 Å². The van der Waals surface area contributed by atoms with Gasteiger partial charge in [0.15, 0.2) is 17.4 Å². The van der Waals surface area contributed by atoms with E-state index in [0.717, 1.165) is 29.2 Å². The van der Waals surface area contributed by atoms with Crippen LogP contribution >= 0.6 is 0 Å². The largest absolute Gasteiger partial charge is 0.483 e.